The van der Waals surface area contributed by atoms with E-state index in [1.54, 1.807) is 4.90 Å². The molecule has 0 bridgehead atoms. The van der Waals surface area contributed by atoms with Gasteiger partial charge in [-0.05, 0) is 55.4 Å². The van der Waals surface area contributed by atoms with Crippen molar-refractivity contribution < 1.29 is 24.2 Å². The molecule has 41 heavy (non-hydrogen) atoms. The van der Waals surface area contributed by atoms with Gasteiger partial charge in [-0.3, -0.25) is 14.5 Å². The summed E-state index contributed by atoms with van der Waals surface area (Å²) < 4.78 is 6.74. The van der Waals surface area contributed by atoms with Gasteiger partial charge in [0, 0.05) is 42.2 Å². The van der Waals surface area contributed by atoms with Crippen molar-refractivity contribution in [1.29, 1.82) is 0 Å². The molecule has 3 heterocycles. The number of amides is 2. The Kier molecular flexibility index (Phi) is 6.94. The smallest absolute Gasteiger partial charge is 0.268 e. The SMILES string of the molecule is C[C@H]1[C@H]([Si](C)(C)O)[C@@H](CCO)O[C@]12C(=O)N(c1ccccc1)c1ccc(N3N=C(c4ccccc4)CCC3=O)cc12. The molecule has 0 unspecified atom stereocenters. The van der Waals surface area contributed by atoms with E-state index in [1.807, 2.05) is 98.9 Å². The maximum Gasteiger partial charge on any atom is 0.268 e. The summed E-state index contributed by atoms with van der Waals surface area (Å²) in [6, 6.07) is 24.8. The minimum Gasteiger partial charge on any atom is -0.432 e. The average molecular weight is 570 g/mol. The lowest BCUT2D eigenvalue weighted by Gasteiger charge is -2.32. The normalized spacial score (nSPS) is 26.1. The number of ether oxygens (including phenoxy) is 1. The Hall–Kier alpha value is -3.63. The lowest BCUT2D eigenvalue weighted by molar-refractivity contribution is -0.145. The van der Waals surface area contributed by atoms with Crippen molar-refractivity contribution in [2.45, 2.75) is 56.5 Å². The Morgan fingerprint density at radius 2 is 1.66 bits per heavy atom. The summed E-state index contributed by atoms with van der Waals surface area (Å²) in [5.74, 6) is -0.727. The first-order valence-electron chi connectivity index (χ1n) is 14.2. The van der Waals surface area contributed by atoms with Crippen LogP contribution in [0.5, 0.6) is 0 Å². The van der Waals surface area contributed by atoms with E-state index >= 15 is 0 Å². The number of hydrogen-bond acceptors (Lipinski definition) is 6. The number of benzene rings is 3. The molecule has 0 radical (unpaired) electrons. The molecule has 9 heteroatoms. The molecule has 3 aromatic rings. The number of fused-ring (bicyclic) bond motifs is 2. The van der Waals surface area contributed by atoms with Crippen molar-refractivity contribution in [1.82, 2.24) is 0 Å². The number of nitrogens with zero attached hydrogens (tertiary/aromatic N) is 3. The van der Waals surface area contributed by atoms with Crippen LogP contribution in [0.3, 0.4) is 0 Å². The van der Waals surface area contributed by atoms with Gasteiger partial charge in [-0.15, -0.1) is 0 Å². The molecule has 4 atom stereocenters. The molecule has 212 valence electrons. The van der Waals surface area contributed by atoms with Crippen LogP contribution >= 0.6 is 0 Å². The Bertz CT molecular complexity index is 1510. The third-order valence-electron chi connectivity index (χ3n) is 8.69. The van der Waals surface area contributed by atoms with Crippen LogP contribution in [0.1, 0.15) is 37.3 Å². The van der Waals surface area contributed by atoms with Crippen LogP contribution in [0.25, 0.3) is 0 Å². The molecule has 8 nitrogen and oxygen atoms in total. The number of rotatable bonds is 6. The van der Waals surface area contributed by atoms with Gasteiger partial charge in [-0.25, -0.2) is 5.01 Å². The Balaban J connectivity index is 1.52. The Labute approximate surface area is 241 Å². The van der Waals surface area contributed by atoms with E-state index < -0.39 is 20.0 Å². The summed E-state index contributed by atoms with van der Waals surface area (Å²) in [4.78, 5) is 40.8. The summed E-state index contributed by atoms with van der Waals surface area (Å²) in [5, 5.41) is 16.1. The van der Waals surface area contributed by atoms with Gasteiger partial charge < -0.3 is 14.6 Å². The largest absolute Gasteiger partial charge is 0.432 e. The van der Waals surface area contributed by atoms with Crippen LogP contribution in [-0.4, -0.2) is 48.5 Å². The predicted octanol–water partition coefficient (Wildman–Crippen LogP) is 5.08. The van der Waals surface area contributed by atoms with Gasteiger partial charge in [0.15, 0.2) is 13.9 Å². The predicted molar refractivity (Wildman–Crippen MR) is 161 cm³/mol. The minimum atomic E-state index is -2.83. The van der Waals surface area contributed by atoms with Gasteiger partial charge in [0.1, 0.15) is 0 Å². The molecule has 3 aliphatic heterocycles. The number of hydrazone groups is 1. The molecule has 6 rings (SSSR count). The Morgan fingerprint density at radius 1 is 0.976 bits per heavy atom. The highest BCUT2D eigenvalue weighted by molar-refractivity contribution is 6.71. The zero-order valence-electron chi connectivity index (χ0n) is 23.5. The third kappa shape index (κ3) is 4.44. The van der Waals surface area contributed by atoms with Crippen LogP contribution in [0, 0.1) is 5.92 Å². The number of aliphatic hydroxyl groups excluding tert-OH is 1. The summed E-state index contributed by atoms with van der Waals surface area (Å²) in [7, 11) is -2.83. The number of aliphatic hydroxyl groups is 1. The molecule has 0 aliphatic carbocycles. The van der Waals surface area contributed by atoms with E-state index in [2.05, 4.69) is 0 Å². The molecule has 0 aromatic heterocycles. The van der Waals surface area contributed by atoms with Crippen molar-refractivity contribution >= 4 is 42.9 Å². The van der Waals surface area contributed by atoms with E-state index in [-0.39, 0.29) is 29.9 Å². The monoisotopic (exact) mass is 569 g/mol. The van der Waals surface area contributed by atoms with Crippen LogP contribution < -0.4 is 9.91 Å². The number of hydrogen-bond donors (Lipinski definition) is 2. The molecule has 2 N–H and O–H groups in total. The molecular weight excluding hydrogens is 534 g/mol. The highest BCUT2D eigenvalue weighted by atomic mass is 28.4. The average Bonchev–Trinajstić information content (AvgIpc) is 3.40. The van der Waals surface area contributed by atoms with Gasteiger partial charge in [-0.2, -0.15) is 5.10 Å². The van der Waals surface area contributed by atoms with E-state index in [0.717, 1.165) is 11.3 Å². The van der Waals surface area contributed by atoms with Crippen molar-refractivity contribution in [3.05, 3.63) is 90.0 Å². The molecule has 3 aromatic carbocycles. The van der Waals surface area contributed by atoms with Gasteiger partial charge in [0.25, 0.3) is 5.91 Å². The lowest BCUT2D eigenvalue weighted by atomic mass is 9.82. The number of carbonyl (C=O) groups is 2. The fraction of sp³-hybridized carbons (Fsp3) is 0.344. The maximum absolute atomic E-state index is 14.6. The summed E-state index contributed by atoms with van der Waals surface area (Å²) >= 11 is 0. The van der Waals surface area contributed by atoms with Crippen LogP contribution in [0.2, 0.25) is 18.6 Å². The zero-order chi connectivity index (χ0) is 28.9. The number of para-hydroxylation sites is 1. The first kappa shape index (κ1) is 27.5. The Morgan fingerprint density at radius 3 is 2.32 bits per heavy atom. The molecule has 1 spiro atoms. The van der Waals surface area contributed by atoms with Crippen molar-refractivity contribution in [2.24, 2.45) is 11.0 Å². The fourth-order valence-electron chi connectivity index (χ4n) is 6.95. The second-order valence-electron chi connectivity index (χ2n) is 11.7. The second-order valence-corrected chi connectivity index (χ2v) is 15.6. The van der Waals surface area contributed by atoms with Crippen molar-refractivity contribution in [3.8, 4) is 0 Å². The van der Waals surface area contributed by atoms with Crippen LogP contribution in [-0.2, 0) is 19.9 Å². The highest BCUT2D eigenvalue weighted by Gasteiger charge is 2.66. The van der Waals surface area contributed by atoms with Gasteiger partial charge >= 0.3 is 0 Å². The molecule has 2 amide bonds. The molecule has 1 saturated heterocycles. The van der Waals surface area contributed by atoms with Gasteiger partial charge in [0.2, 0.25) is 5.91 Å². The second kappa shape index (κ2) is 10.3. The van der Waals surface area contributed by atoms with E-state index in [9.17, 15) is 19.5 Å². The van der Waals surface area contributed by atoms with Crippen LogP contribution in [0.15, 0.2) is 84.0 Å². The third-order valence-corrected chi connectivity index (χ3v) is 11.2. The quantitative estimate of drug-likeness (QED) is 0.403. The molecule has 1 fully saturated rings. The topological polar surface area (TPSA) is 103 Å². The van der Waals surface area contributed by atoms with E-state index in [0.29, 0.717) is 41.9 Å². The molecular formula is C32H35N3O5Si. The van der Waals surface area contributed by atoms with Gasteiger partial charge in [0.05, 0.1) is 23.2 Å². The highest BCUT2D eigenvalue weighted by Crippen LogP contribution is 2.61. The standard InChI is InChI=1S/C32H35N3O5Si/c1-21-30(41(2,3)39)28(18-19-36)40-32(21)25-20-24(14-16-27(25)34(31(32)38)23-12-8-5-9-13-23)35-29(37)17-15-26(33-35)22-10-6-4-7-11-22/h4-14,16,20-21,28,30,36,39H,15,17-19H2,1-3H3/t21-,28+,30-,32+/m0/s1. The van der Waals surface area contributed by atoms with Crippen LogP contribution in [0.4, 0.5) is 17.1 Å². The lowest BCUT2D eigenvalue weighted by Crippen LogP contribution is -2.45. The summed E-state index contributed by atoms with van der Waals surface area (Å²) in [5.41, 5.74) is 2.70. The number of anilines is 3. The fourth-order valence-corrected chi connectivity index (χ4v) is 9.55. The minimum absolute atomic E-state index is 0.114. The number of carbonyl (C=O) groups excluding carboxylic acids is 2. The van der Waals surface area contributed by atoms with E-state index in [4.69, 9.17) is 9.84 Å². The molecule has 3 aliphatic rings. The van der Waals surface area contributed by atoms with Gasteiger partial charge in [-0.1, -0.05) is 55.5 Å². The van der Waals surface area contributed by atoms with Crippen molar-refractivity contribution in [2.75, 3.05) is 16.5 Å². The summed E-state index contributed by atoms with van der Waals surface area (Å²) in [6.45, 7) is 5.57. The maximum atomic E-state index is 14.6. The van der Waals surface area contributed by atoms with E-state index in [1.165, 1.54) is 5.01 Å². The first-order valence-corrected chi connectivity index (χ1v) is 17.2. The zero-order valence-corrected chi connectivity index (χ0v) is 24.5. The summed E-state index contributed by atoms with van der Waals surface area (Å²) in [6.07, 6.45) is 0.701. The van der Waals surface area contributed by atoms with Crippen molar-refractivity contribution in [3.63, 3.8) is 0 Å². The first-order chi connectivity index (χ1) is 19.7. The molecule has 0 saturated carbocycles.